The lowest BCUT2D eigenvalue weighted by Crippen LogP contribution is -2.13. The molecule has 0 saturated carbocycles. The quantitative estimate of drug-likeness (QED) is 0.598. The van der Waals surface area contributed by atoms with Crippen LogP contribution in [0.1, 0.15) is 11.1 Å². The molecule has 1 N–H and O–H groups in total. The Morgan fingerprint density at radius 3 is 2.64 bits per heavy atom. The summed E-state index contributed by atoms with van der Waals surface area (Å²) in [4.78, 5) is 12.0. The number of alkyl halides is 1. The van der Waals surface area contributed by atoms with Crippen molar-refractivity contribution in [2.75, 3.05) is 5.32 Å². The second kappa shape index (κ2) is 8.05. The van der Waals surface area contributed by atoms with Crippen LogP contribution >= 0.6 is 23.2 Å². The van der Waals surface area contributed by atoms with E-state index in [1.807, 2.05) is 36.4 Å². The van der Waals surface area contributed by atoms with Crippen LogP contribution in [0, 0.1) is 0 Å². The molecule has 5 nitrogen and oxygen atoms in total. The number of carbonyl (C=O) groups is 1. The molecular formula is C18H14Cl2N2O3. The number of hydrogen-bond donors (Lipinski definition) is 1. The van der Waals surface area contributed by atoms with Gasteiger partial charge in [0.15, 0.2) is 0 Å². The number of anilines is 1. The number of benzene rings is 2. The highest BCUT2D eigenvalue weighted by Gasteiger charge is 2.14. The van der Waals surface area contributed by atoms with E-state index in [-0.39, 0.29) is 6.61 Å². The first kappa shape index (κ1) is 17.3. The third kappa shape index (κ3) is 4.32. The highest BCUT2D eigenvalue weighted by molar-refractivity contribution is 6.31. The number of halogens is 2. The fourth-order valence-electron chi connectivity index (χ4n) is 2.19. The van der Waals surface area contributed by atoms with Gasteiger partial charge in [-0.1, -0.05) is 59.2 Å². The maximum absolute atomic E-state index is 12.0. The van der Waals surface area contributed by atoms with Gasteiger partial charge in [0.05, 0.1) is 0 Å². The third-order valence-corrected chi connectivity index (χ3v) is 4.18. The standard InChI is InChI=1S/C18H14Cl2N2O3/c19-9-12-5-7-13(8-6-12)17-16(11-25-22-17)21-18(23)24-10-14-3-1-2-4-15(14)20/h1-8,11H,9-10H2,(H,21,23). The number of amides is 1. The molecule has 7 heteroatoms. The summed E-state index contributed by atoms with van der Waals surface area (Å²) in [6.07, 6.45) is 0.725. The van der Waals surface area contributed by atoms with Gasteiger partial charge in [-0.2, -0.15) is 0 Å². The smallest absolute Gasteiger partial charge is 0.412 e. The molecule has 0 unspecified atom stereocenters. The molecule has 0 radical (unpaired) electrons. The number of carbonyl (C=O) groups excluding carboxylic acids is 1. The third-order valence-electron chi connectivity index (χ3n) is 3.50. The molecule has 3 rings (SSSR count). The van der Waals surface area contributed by atoms with Crippen LogP contribution in [0.15, 0.2) is 59.3 Å². The lowest BCUT2D eigenvalue weighted by Gasteiger charge is -2.08. The van der Waals surface area contributed by atoms with Gasteiger partial charge in [-0.3, -0.25) is 5.32 Å². The minimum atomic E-state index is -0.623. The van der Waals surface area contributed by atoms with Gasteiger partial charge >= 0.3 is 6.09 Å². The average Bonchev–Trinajstić information content (AvgIpc) is 3.09. The van der Waals surface area contributed by atoms with Crippen LogP contribution in [-0.4, -0.2) is 11.2 Å². The summed E-state index contributed by atoms with van der Waals surface area (Å²) in [5.41, 5.74) is 3.44. The highest BCUT2D eigenvalue weighted by atomic mass is 35.5. The summed E-state index contributed by atoms with van der Waals surface area (Å²) in [7, 11) is 0. The molecule has 2 aromatic carbocycles. The molecule has 0 aliphatic carbocycles. The van der Waals surface area contributed by atoms with E-state index in [0.717, 1.165) is 16.7 Å². The molecule has 1 amide bonds. The number of hydrogen-bond acceptors (Lipinski definition) is 4. The molecule has 0 spiro atoms. The minimum Gasteiger partial charge on any atom is -0.444 e. The van der Waals surface area contributed by atoms with Crippen molar-refractivity contribution in [3.8, 4) is 11.3 Å². The fourth-order valence-corrected chi connectivity index (χ4v) is 2.56. The Hall–Kier alpha value is -2.50. The van der Waals surface area contributed by atoms with Crippen molar-refractivity contribution >= 4 is 35.0 Å². The second-order valence-electron chi connectivity index (χ2n) is 5.20. The maximum atomic E-state index is 12.0. The van der Waals surface area contributed by atoms with E-state index in [2.05, 4.69) is 10.5 Å². The first-order valence-electron chi connectivity index (χ1n) is 7.44. The summed E-state index contributed by atoms with van der Waals surface area (Å²) in [5, 5.41) is 7.09. The van der Waals surface area contributed by atoms with Gasteiger partial charge in [0.2, 0.25) is 0 Å². The second-order valence-corrected chi connectivity index (χ2v) is 5.87. The molecule has 0 bridgehead atoms. The van der Waals surface area contributed by atoms with Crippen LogP contribution in [0.4, 0.5) is 10.5 Å². The summed E-state index contributed by atoms with van der Waals surface area (Å²) in [6, 6.07) is 14.6. The number of ether oxygens (including phenoxy) is 1. The monoisotopic (exact) mass is 376 g/mol. The lowest BCUT2D eigenvalue weighted by molar-refractivity contribution is 0.155. The van der Waals surface area contributed by atoms with Gasteiger partial charge in [0.25, 0.3) is 0 Å². The van der Waals surface area contributed by atoms with Crippen molar-refractivity contribution in [1.29, 1.82) is 0 Å². The molecule has 0 atom stereocenters. The molecule has 0 aliphatic rings. The first-order valence-corrected chi connectivity index (χ1v) is 8.35. The number of rotatable bonds is 5. The summed E-state index contributed by atoms with van der Waals surface area (Å²) in [6.45, 7) is 0.0660. The number of nitrogens with zero attached hydrogens (tertiary/aromatic N) is 1. The fraction of sp³-hybridized carbons (Fsp3) is 0.111. The van der Waals surface area contributed by atoms with Crippen molar-refractivity contribution in [2.45, 2.75) is 12.5 Å². The Morgan fingerprint density at radius 1 is 1.16 bits per heavy atom. The van der Waals surface area contributed by atoms with Gasteiger partial charge in [-0.15, -0.1) is 11.6 Å². The maximum Gasteiger partial charge on any atom is 0.412 e. The SMILES string of the molecule is O=C(Nc1conc1-c1ccc(CCl)cc1)OCc1ccccc1Cl. The van der Waals surface area contributed by atoms with Gasteiger partial charge in [-0.25, -0.2) is 4.79 Å². The molecule has 25 heavy (non-hydrogen) atoms. The molecule has 128 valence electrons. The van der Waals surface area contributed by atoms with Crippen molar-refractivity contribution in [1.82, 2.24) is 5.16 Å². The number of aromatic nitrogens is 1. The summed E-state index contributed by atoms with van der Waals surface area (Å²) >= 11 is 11.8. The van der Waals surface area contributed by atoms with E-state index in [9.17, 15) is 4.79 Å². The van der Waals surface area contributed by atoms with Crippen molar-refractivity contribution in [3.05, 3.63) is 70.9 Å². The normalized spacial score (nSPS) is 10.5. The zero-order chi connectivity index (χ0) is 17.6. The van der Waals surface area contributed by atoms with Crippen LogP contribution in [0.3, 0.4) is 0 Å². The first-order chi connectivity index (χ1) is 12.2. The predicted octanol–water partition coefficient (Wildman–Crippen LogP) is 5.48. The molecule has 1 heterocycles. The molecule has 1 aromatic heterocycles. The van der Waals surface area contributed by atoms with Crippen LogP contribution in [0.2, 0.25) is 5.02 Å². The number of nitrogens with one attached hydrogen (secondary N) is 1. The molecular weight excluding hydrogens is 363 g/mol. The van der Waals surface area contributed by atoms with E-state index in [4.69, 9.17) is 32.5 Å². The topological polar surface area (TPSA) is 64.4 Å². The van der Waals surface area contributed by atoms with E-state index < -0.39 is 6.09 Å². The van der Waals surface area contributed by atoms with Crippen molar-refractivity contribution in [3.63, 3.8) is 0 Å². The van der Waals surface area contributed by atoms with Gasteiger partial charge in [-0.05, 0) is 11.6 Å². The Kier molecular flexibility index (Phi) is 5.58. The Morgan fingerprint density at radius 2 is 1.92 bits per heavy atom. The minimum absolute atomic E-state index is 0.0660. The Balaban J connectivity index is 1.66. The molecule has 0 aliphatic heterocycles. The van der Waals surface area contributed by atoms with E-state index in [0.29, 0.717) is 22.3 Å². The largest absolute Gasteiger partial charge is 0.444 e. The molecule has 3 aromatic rings. The summed E-state index contributed by atoms with van der Waals surface area (Å²) in [5.74, 6) is 0.429. The van der Waals surface area contributed by atoms with Crippen LogP contribution in [0.5, 0.6) is 0 Å². The van der Waals surface area contributed by atoms with Gasteiger partial charge < -0.3 is 9.26 Å². The Labute approximate surface area is 154 Å². The Bertz CT molecular complexity index is 863. The van der Waals surface area contributed by atoms with Crippen LogP contribution < -0.4 is 5.32 Å². The zero-order valence-electron chi connectivity index (χ0n) is 13.0. The lowest BCUT2D eigenvalue weighted by atomic mass is 10.1. The van der Waals surface area contributed by atoms with Crippen molar-refractivity contribution in [2.24, 2.45) is 0 Å². The van der Waals surface area contributed by atoms with Crippen LogP contribution in [-0.2, 0) is 17.2 Å². The van der Waals surface area contributed by atoms with E-state index >= 15 is 0 Å². The predicted molar refractivity (Wildman–Crippen MR) is 96.8 cm³/mol. The summed E-state index contributed by atoms with van der Waals surface area (Å²) < 4.78 is 10.2. The van der Waals surface area contributed by atoms with E-state index in [1.165, 1.54) is 6.26 Å². The van der Waals surface area contributed by atoms with Crippen LogP contribution in [0.25, 0.3) is 11.3 Å². The molecule has 0 fully saturated rings. The van der Waals surface area contributed by atoms with Crippen molar-refractivity contribution < 1.29 is 14.1 Å². The average molecular weight is 377 g/mol. The van der Waals surface area contributed by atoms with Gasteiger partial charge in [0, 0.05) is 22.0 Å². The molecule has 0 saturated heterocycles. The van der Waals surface area contributed by atoms with E-state index in [1.54, 1.807) is 12.1 Å². The zero-order valence-corrected chi connectivity index (χ0v) is 14.6. The highest BCUT2D eigenvalue weighted by Crippen LogP contribution is 2.27. The van der Waals surface area contributed by atoms with Gasteiger partial charge in [0.1, 0.15) is 24.3 Å².